The van der Waals surface area contributed by atoms with Crippen molar-refractivity contribution in [1.82, 2.24) is 10.2 Å². The number of aliphatic hydroxyl groups is 1. The number of nitrogens with one attached hydrogen (secondary N) is 1. The maximum atomic E-state index is 14.2. The molecule has 0 aliphatic carbocycles. The first-order valence-corrected chi connectivity index (χ1v) is 7.09. The zero-order chi connectivity index (χ0) is 14.8. The molecule has 2 N–H and O–H groups in total. The molecule has 0 aromatic heterocycles. The molecule has 1 fully saturated rings. The zero-order valence-electron chi connectivity index (χ0n) is 10.8. The van der Waals surface area contributed by atoms with E-state index in [2.05, 4.69) is 5.32 Å². The number of halogens is 4. The molecular formula is C13H16Cl2F2N2O. The standard InChI is InChI=1S/C13H16Cl2F2N2O/c14-10-5-9(6-11(15)7-10)12(13(16,17)8-20)19-3-1-18-2-4-19/h5-7,12,18,20H,1-4,8H2/t12-/m1/s1. The number of nitrogens with zero attached hydrogens (tertiary/aromatic N) is 1. The highest BCUT2D eigenvalue weighted by Crippen LogP contribution is 2.38. The third kappa shape index (κ3) is 3.59. The minimum atomic E-state index is -3.26. The summed E-state index contributed by atoms with van der Waals surface area (Å²) in [7, 11) is 0. The van der Waals surface area contributed by atoms with Crippen LogP contribution in [0.2, 0.25) is 10.0 Å². The Morgan fingerprint density at radius 1 is 1.20 bits per heavy atom. The summed E-state index contributed by atoms with van der Waals surface area (Å²) in [5.74, 6) is -3.26. The van der Waals surface area contributed by atoms with Crippen LogP contribution < -0.4 is 5.32 Å². The lowest BCUT2D eigenvalue weighted by atomic mass is 9.98. The molecule has 1 aliphatic rings. The number of benzene rings is 1. The van der Waals surface area contributed by atoms with Crippen LogP contribution in [-0.4, -0.2) is 48.7 Å². The molecule has 7 heteroatoms. The summed E-state index contributed by atoms with van der Waals surface area (Å²) >= 11 is 11.8. The summed E-state index contributed by atoms with van der Waals surface area (Å²) in [5.41, 5.74) is 0.323. The van der Waals surface area contributed by atoms with Crippen molar-refractivity contribution >= 4 is 23.2 Å². The number of hydrogen-bond acceptors (Lipinski definition) is 3. The fourth-order valence-electron chi connectivity index (χ4n) is 2.48. The molecule has 1 aromatic carbocycles. The molecule has 1 aromatic rings. The molecule has 1 aliphatic heterocycles. The van der Waals surface area contributed by atoms with Gasteiger partial charge in [0, 0.05) is 36.2 Å². The molecule has 112 valence electrons. The summed E-state index contributed by atoms with van der Waals surface area (Å²) in [5, 5.41) is 12.8. The third-order valence-corrected chi connectivity index (χ3v) is 3.76. The van der Waals surface area contributed by atoms with E-state index >= 15 is 0 Å². The Kier molecular flexibility index (Phi) is 5.20. The fourth-order valence-corrected chi connectivity index (χ4v) is 3.02. The highest BCUT2D eigenvalue weighted by Gasteiger charge is 2.44. The molecule has 0 radical (unpaired) electrons. The molecule has 20 heavy (non-hydrogen) atoms. The molecule has 1 atom stereocenters. The maximum absolute atomic E-state index is 14.2. The monoisotopic (exact) mass is 324 g/mol. The van der Waals surface area contributed by atoms with Gasteiger partial charge in [0.1, 0.15) is 12.6 Å². The van der Waals surface area contributed by atoms with Crippen LogP contribution >= 0.6 is 23.2 Å². The number of alkyl halides is 2. The molecule has 3 nitrogen and oxygen atoms in total. The average molecular weight is 325 g/mol. The van der Waals surface area contributed by atoms with E-state index in [9.17, 15) is 8.78 Å². The van der Waals surface area contributed by atoms with E-state index < -0.39 is 18.6 Å². The summed E-state index contributed by atoms with van der Waals surface area (Å²) < 4.78 is 28.3. The van der Waals surface area contributed by atoms with Crippen molar-refractivity contribution in [2.24, 2.45) is 0 Å². The second kappa shape index (κ2) is 6.54. The predicted octanol–water partition coefficient (Wildman–Crippen LogP) is 2.57. The van der Waals surface area contributed by atoms with E-state index in [0.717, 1.165) is 0 Å². The number of piperazine rings is 1. The largest absolute Gasteiger partial charge is 0.390 e. The fraction of sp³-hybridized carbons (Fsp3) is 0.538. The van der Waals surface area contributed by atoms with Crippen LogP contribution in [0, 0.1) is 0 Å². The van der Waals surface area contributed by atoms with Gasteiger partial charge in [-0.15, -0.1) is 0 Å². The normalized spacial score (nSPS) is 19.1. The van der Waals surface area contributed by atoms with Crippen molar-refractivity contribution in [1.29, 1.82) is 0 Å². The molecule has 1 saturated heterocycles. The Balaban J connectivity index is 2.39. The summed E-state index contributed by atoms with van der Waals surface area (Å²) in [6.45, 7) is 0.999. The maximum Gasteiger partial charge on any atom is 0.289 e. The van der Waals surface area contributed by atoms with E-state index in [1.54, 1.807) is 4.90 Å². The van der Waals surface area contributed by atoms with E-state index in [1.807, 2.05) is 0 Å². The van der Waals surface area contributed by atoms with Crippen molar-refractivity contribution in [2.45, 2.75) is 12.0 Å². The summed E-state index contributed by atoms with van der Waals surface area (Å²) in [4.78, 5) is 1.65. The molecular weight excluding hydrogens is 309 g/mol. The highest BCUT2D eigenvalue weighted by molar-refractivity contribution is 6.34. The van der Waals surface area contributed by atoms with E-state index in [-0.39, 0.29) is 0 Å². The Labute approximate surface area is 126 Å². The van der Waals surface area contributed by atoms with Gasteiger partial charge >= 0.3 is 0 Å². The first kappa shape index (κ1) is 15.9. The van der Waals surface area contributed by atoms with Gasteiger partial charge in [0.15, 0.2) is 0 Å². The van der Waals surface area contributed by atoms with Gasteiger partial charge in [-0.2, -0.15) is 0 Å². The average Bonchev–Trinajstić information content (AvgIpc) is 2.39. The van der Waals surface area contributed by atoms with Crippen LogP contribution in [0.15, 0.2) is 18.2 Å². The number of rotatable bonds is 4. The topological polar surface area (TPSA) is 35.5 Å². The van der Waals surface area contributed by atoms with E-state index in [4.69, 9.17) is 28.3 Å². The summed E-state index contributed by atoms with van der Waals surface area (Å²) in [6.07, 6.45) is 0. The van der Waals surface area contributed by atoms with Gasteiger partial charge in [0.25, 0.3) is 5.92 Å². The van der Waals surface area contributed by atoms with E-state index in [1.165, 1.54) is 18.2 Å². The van der Waals surface area contributed by atoms with Crippen molar-refractivity contribution in [2.75, 3.05) is 32.8 Å². The minimum absolute atomic E-state index is 0.307. The van der Waals surface area contributed by atoms with Crippen molar-refractivity contribution in [3.63, 3.8) is 0 Å². The smallest absolute Gasteiger partial charge is 0.289 e. The number of hydrogen-bond donors (Lipinski definition) is 2. The molecule has 1 heterocycles. The molecule has 0 amide bonds. The van der Waals surface area contributed by atoms with Crippen LogP contribution in [0.25, 0.3) is 0 Å². The molecule has 0 bridgehead atoms. The van der Waals surface area contributed by atoms with Gasteiger partial charge < -0.3 is 10.4 Å². The quantitative estimate of drug-likeness (QED) is 0.893. The Bertz CT molecular complexity index is 447. The van der Waals surface area contributed by atoms with Gasteiger partial charge in [-0.3, -0.25) is 4.90 Å². The lowest BCUT2D eigenvalue weighted by Crippen LogP contribution is -2.51. The first-order chi connectivity index (χ1) is 9.44. The lowest BCUT2D eigenvalue weighted by molar-refractivity contribution is -0.118. The number of aliphatic hydroxyl groups excluding tert-OH is 1. The summed E-state index contributed by atoms with van der Waals surface area (Å²) in [6, 6.07) is 3.22. The highest BCUT2D eigenvalue weighted by atomic mass is 35.5. The Hall–Kier alpha value is -0.460. The zero-order valence-corrected chi connectivity index (χ0v) is 12.3. The van der Waals surface area contributed by atoms with Gasteiger partial charge in [-0.1, -0.05) is 23.2 Å². The Morgan fingerprint density at radius 3 is 2.25 bits per heavy atom. The van der Waals surface area contributed by atoms with Crippen LogP contribution in [-0.2, 0) is 0 Å². The third-order valence-electron chi connectivity index (χ3n) is 3.33. The molecule has 0 unspecified atom stereocenters. The van der Waals surface area contributed by atoms with Gasteiger partial charge in [-0.25, -0.2) is 8.78 Å². The van der Waals surface area contributed by atoms with Crippen molar-refractivity contribution in [3.05, 3.63) is 33.8 Å². The van der Waals surface area contributed by atoms with E-state index in [0.29, 0.717) is 41.8 Å². The molecule has 0 spiro atoms. The molecule has 0 saturated carbocycles. The van der Waals surface area contributed by atoms with Crippen molar-refractivity contribution in [3.8, 4) is 0 Å². The predicted molar refractivity (Wildman–Crippen MR) is 75.7 cm³/mol. The van der Waals surface area contributed by atoms with Crippen LogP contribution in [0.1, 0.15) is 11.6 Å². The van der Waals surface area contributed by atoms with Crippen LogP contribution in [0.5, 0.6) is 0 Å². The van der Waals surface area contributed by atoms with Gasteiger partial charge in [0.2, 0.25) is 0 Å². The molecule has 2 rings (SSSR count). The van der Waals surface area contributed by atoms with Crippen LogP contribution in [0.4, 0.5) is 8.78 Å². The SMILES string of the molecule is OCC(F)(F)[C@@H](c1cc(Cl)cc(Cl)c1)N1CCNCC1. The van der Waals surface area contributed by atoms with Gasteiger partial charge in [0.05, 0.1) is 0 Å². The second-order valence-electron chi connectivity index (χ2n) is 4.81. The van der Waals surface area contributed by atoms with Gasteiger partial charge in [-0.05, 0) is 23.8 Å². The lowest BCUT2D eigenvalue weighted by Gasteiger charge is -2.38. The Morgan fingerprint density at radius 2 is 1.75 bits per heavy atom. The van der Waals surface area contributed by atoms with Crippen LogP contribution in [0.3, 0.4) is 0 Å². The van der Waals surface area contributed by atoms with Crippen molar-refractivity contribution < 1.29 is 13.9 Å². The minimum Gasteiger partial charge on any atom is -0.390 e. The first-order valence-electron chi connectivity index (χ1n) is 6.33. The second-order valence-corrected chi connectivity index (χ2v) is 5.68.